The standard InChI is InChI=1S/C15H21FN2O/c1-2-3-4-5-8-17-14-10-13-11(9-12(14)16)6-7-15(19)18-13/h9-10,17H,2-8H2,1H3,(H,18,19). The van der Waals surface area contributed by atoms with Crippen molar-refractivity contribution in [3.05, 3.63) is 23.5 Å². The predicted molar refractivity (Wildman–Crippen MR) is 76.0 cm³/mol. The number of halogens is 1. The quantitative estimate of drug-likeness (QED) is 0.769. The van der Waals surface area contributed by atoms with Gasteiger partial charge in [0.1, 0.15) is 5.82 Å². The third-order valence-electron chi connectivity index (χ3n) is 3.43. The Hall–Kier alpha value is -1.58. The third-order valence-corrected chi connectivity index (χ3v) is 3.43. The Morgan fingerprint density at radius 1 is 1.26 bits per heavy atom. The monoisotopic (exact) mass is 264 g/mol. The molecule has 2 rings (SSSR count). The van der Waals surface area contributed by atoms with E-state index < -0.39 is 0 Å². The van der Waals surface area contributed by atoms with Crippen LogP contribution in [0.2, 0.25) is 0 Å². The zero-order chi connectivity index (χ0) is 13.7. The molecule has 3 nitrogen and oxygen atoms in total. The highest BCUT2D eigenvalue weighted by Gasteiger charge is 2.17. The van der Waals surface area contributed by atoms with Crippen molar-refractivity contribution < 1.29 is 9.18 Å². The molecule has 0 saturated carbocycles. The molecule has 1 heterocycles. The van der Waals surface area contributed by atoms with E-state index in [4.69, 9.17) is 0 Å². The molecular formula is C15H21FN2O. The second-order valence-corrected chi connectivity index (χ2v) is 5.02. The molecule has 1 aliphatic rings. The number of unbranched alkanes of at least 4 members (excludes halogenated alkanes) is 3. The van der Waals surface area contributed by atoms with Crippen LogP contribution in [0.5, 0.6) is 0 Å². The molecule has 1 aromatic rings. The number of amides is 1. The van der Waals surface area contributed by atoms with Crippen molar-refractivity contribution in [2.45, 2.75) is 45.4 Å². The minimum Gasteiger partial charge on any atom is -0.383 e. The molecule has 4 heteroatoms. The molecule has 0 fully saturated rings. The van der Waals surface area contributed by atoms with Crippen LogP contribution < -0.4 is 10.6 Å². The average molecular weight is 264 g/mol. The number of benzene rings is 1. The van der Waals surface area contributed by atoms with Crippen molar-refractivity contribution in [3.8, 4) is 0 Å². The van der Waals surface area contributed by atoms with Crippen molar-refractivity contribution in [3.63, 3.8) is 0 Å². The summed E-state index contributed by atoms with van der Waals surface area (Å²) in [7, 11) is 0. The van der Waals surface area contributed by atoms with Crippen molar-refractivity contribution in [1.29, 1.82) is 0 Å². The van der Waals surface area contributed by atoms with Crippen LogP contribution in [-0.4, -0.2) is 12.5 Å². The van der Waals surface area contributed by atoms with Crippen LogP contribution in [0, 0.1) is 5.82 Å². The molecule has 0 bridgehead atoms. The first-order valence-electron chi connectivity index (χ1n) is 7.07. The van der Waals surface area contributed by atoms with E-state index in [-0.39, 0.29) is 11.7 Å². The van der Waals surface area contributed by atoms with E-state index in [2.05, 4.69) is 17.6 Å². The number of fused-ring (bicyclic) bond motifs is 1. The lowest BCUT2D eigenvalue weighted by atomic mass is 10.0. The van der Waals surface area contributed by atoms with Gasteiger partial charge in [0, 0.05) is 18.7 Å². The van der Waals surface area contributed by atoms with Gasteiger partial charge in [0.25, 0.3) is 0 Å². The number of aryl methyl sites for hydroxylation is 1. The first-order chi connectivity index (χ1) is 9.20. The summed E-state index contributed by atoms with van der Waals surface area (Å²) in [6.45, 7) is 2.93. The van der Waals surface area contributed by atoms with Crippen molar-refractivity contribution in [2.75, 3.05) is 17.2 Å². The van der Waals surface area contributed by atoms with E-state index in [1.165, 1.54) is 18.9 Å². The molecule has 104 valence electrons. The summed E-state index contributed by atoms with van der Waals surface area (Å²) >= 11 is 0. The number of nitrogens with one attached hydrogen (secondary N) is 2. The number of hydrogen-bond donors (Lipinski definition) is 2. The van der Waals surface area contributed by atoms with Gasteiger partial charge >= 0.3 is 0 Å². The van der Waals surface area contributed by atoms with Gasteiger partial charge < -0.3 is 10.6 Å². The second kappa shape index (κ2) is 6.55. The summed E-state index contributed by atoms with van der Waals surface area (Å²) in [4.78, 5) is 11.3. The van der Waals surface area contributed by atoms with E-state index in [1.807, 2.05) is 0 Å². The zero-order valence-corrected chi connectivity index (χ0v) is 11.4. The topological polar surface area (TPSA) is 41.1 Å². The lowest BCUT2D eigenvalue weighted by Crippen LogP contribution is -2.19. The van der Waals surface area contributed by atoms with E-state index in [0.29, 0.717) is 18.5 Å². The summed E-state index contributed by atoms with van der Waals surface area (Å²) in [6, 6.07) is 3.24. The highest BCUT2D eigenvalue weighted by atomic mass is 19.1. The minimum atomic E-state index is -0.231. The van der Waals surface area contributed by atoms with Gasteiger partial charge in [-0.1, -0.05) is 26.2 Å². The maximum absolute atomic E-state index is 13.9. The number of rotatable bonds is 6. The predicted octanol–water partition coefficient (Wildman–Crippen LogP) is 3.70. The number of carbonyl (C=O) groups is 1. The molecule has 1 amide bonds. The van der Waals surface area contributed by atoms with E-state index in [0.717, 1.165) is 30.6 Å². The minimum absolute atomic E-state index is 0.00741. The summed E-state index contributed by atoms with van der Waals surface area (Å²) in [5.41, 5.74) is 2.11. The van der Waals surface area contributed by atoms with E-state index >= 15 is 0 Å². The lowest BCUT2D eigenvalue weighted by molar-refractivity contribution is -0.116. The molecule has 0 spiro atoms. The Bertz CT molecular complexity index is 460. The molecule has 0 atom stereocenters. The highest BCUT2D eigenvalue weighted by molar-refractivity contribution is 5.94. The molecule has 0 radical (unpaired) electrons. The van der Waals surface area contributed by atoms with Gasteiger partial charge in [0.15, 0.2) is 0 Å². The normalized spacial score (nSPS) is 13.9. The fraction of sp³-hybridized carbons (Fsp3) is 0.533. The van der Waals surface area contributed by atoms with Crippen LogP contribution in [0.1, 0.15) is 44.6 Å². The highest BCUT2D eigenvalue weighted by Crippen LogP contribution is 2.28. The summed E-state index contributed by atoms with van der Waals surface area (Å²) < 4.78 is 13.9. The summed E-state index contributed by atoms with van der Waals surface area (Å²) in [6.07, 6.45) is 5.66. The Kier molecular flexibility index (Phi) is 4.77. The SMILES string of the molecule is CCCCCCNc1cc2c(cc1F)CCC(=O)N2. The van der Waals surface area contributed by atoms with Crippen LogP contribution in [0.3, 0.4) is 0 Å². The molecule has 0 unspecified atom stereocenters. The van der Waals surface area contributed by atoms with Crippen molar-refractivity contribution >= 4 is 17.3 Å². The molecule has 1 aliphatic heterocycles. The lowest BCUT2D eigenvalue weighted by Gasteiger charge is -2.18. The fourth-order valence-corrected chi connectivity index (χ4v) is 2.31. The van der Waals surface area contributed by atoms with Gasteiger partial charge in [0.2, 0.25) is 5.91 Å². The molecule has 2 N–H and O–H groups in total. The van der Waals surface area contributed by atoms with Gasteiger partial charge in [-0.15, -0.1) is 0 Å². The fourth-order valence-electron chi connectivity index (χ4n) is 2.31. The first kappa shape index (κ1) is 13.8. The molecular weight excluding hydrogens is 243 g/mol. The average Bonchev–Trinajstić information content (AvgIpc) is 2.39. The zero-order valence-electron chi connectivity index (χ0n) is 11.4. The largest absolute Gasteiger partial charge is 0.383 e. The maximum Gasteiger partial charge on any atom is 0.224 e. The summed E-state index contributed by atoms with van der Waals surface area (Å²) in [5, 5.41) is 5.90. The molecule has 0 saturated heterocycles. The Balaban J connectivity index is 1.97. The van der Waals surface area contributed by atoms with Gasteiger partial charge in [0.05, 0.1) is 5.69 Å². The van der Waals surface area contributed by atoms with Crippen LogP contribution in [0.4, 0.5) is 15.8 Å². The summed E-state index contributed by atoms with van der Waals surface area (Å²) in [5.74, 6) is -0.224. The molecule has 1 aromatic carbocycles. The smallest absolute Gasteiger partial charge is 0.224 e. The number of carbonyl (C=O) groups excluding carboxylic acids is 1. The van der Waals surface area contributed by atoms with Crippen LogP contribution in [0.15, 0.2) is 12.1 Å². The number of hydrogen-bond acceptors (Lipinski definition) is 2. The van der Waals surface area contributed by atoms with Crippen molar-refractivity contribution in [2.24, 2.45) is 0 Å². The van der Waals surface area contributed by atoms with Gasteiger partial charge in [-0.25, -0.2) is 4.39 Å². The Morgan fingerprint density at radius 2 is 2.11 bits per heavy atom. The van der Waals surface area contributed by atoms with E-state index in [1.54, 1.807) is 6.07 Å². The second-order valence-electron chi connectivity index (χ2n) is 5.02. The van der Waals surface area contributed by atoms with Crippen LogP contribution in [0.25, 0.3) is 0 Å². The Labute approximate surface area is 113 Å². The molecule has 0 aliphatic carbocycles. The van der Waals surface area contributed by atoms with Gasteiger partial charge in [-0.3, -0.25) is 4.79 Å². The van der Waals surface area contributed by atoms with Crippen LogP contribution >= 0.6 is 0 Å². The maximum atomic E-state index is 13.9. The van der Waals surface area contributed by atoms with Crippen molar-refractivity contribution in [1.82, 2.24) is 0 Å². The number of anilines is 2. The van der Waals surface area contributed by atoms with E-state index in [9.17, 15) is 9.18 Å². The van der Waals surface area contributed by atoms with Crippen LogP contribution in [-0.2, 0) is 11.2 Å². The third kappa shape index (κ3) is 3.69. The molecule has 0 aromatic heterocycles. The Morgan fingerprint density at radius 3 is 2.89 bits per heavy atom. The van der Waals surface area contributed by atoms with Gasteiger partial charge in [-0.05, 0) is 30.5 Å². The first-order valence-corrected chi connectivity index (χ1v) is 7.07. The molecule has 19 heavy (non-hydrogen) atoms. The van der Waals surface area contributed by atoms with Gasteiger partial charge in [-0.2, -0.15) is 0 Å².